The molecule has 2 aromatic carbocycles. The fraction of sp³-hybridized carbons (Fsp3) is 0.333. The maximum atomic E-state index is 15.6. The Morgan fingerprint density at radius 2 is 1.95 bits per heavy atom. The Morgan fingerprint density at radius 3 is 2.71 bits per heavy atom. The predicted molar refractivity (Wildman–Crippen MR) is 157 cm³/mol. The van der Waals surface area contributed by atoms with Gasteiger partial charge in [0.1, 0.15) is 12.0 Å². The van der Waals surface area contributed by atoms with Gasteiger partial charge in [-0.25, -0.2) is 18.7 Å². The van der Waals surface area contributed by atoms with E-state index in [4.69, 9.17) is 11.6 Å². The number of nitrogens with one attached hydrogen (secondary N) is 1. The van der Waals surface area contributed by atoms with Gasteiger partial charge in [-0.05, 0) is 54.7 Å². The van der Waals surface area contributed by atoms with Crippen LogP contribution in [-0.4, -0.2) is 50.5 Å². The van der Waals surface area contributed by atoms with Crippen molar-refractivity contribution in [3.63, 3.8) is 0 Å². The highest BCUT2D eigenvalue weighted by Crippen LogP contribution is 2.39. The predicted octanol–water partition coefficient (Wildman–Crippen LogP) is 6.02. The van der Waals surface area contributed by atoms with Crippen LogP contribution >= 0.6 is 22.9 Å². The molecule has 216 valence electrons. The van der Waals surface area contributed by atoms with E-state index in [1.54, 1.807) is 28.3 Å². The van der Waals surface area contributed by atoms with Gasteiger partial charge in [0, 0.05) is 47.9 Å². The van der Waals surface area contributed by atoms with E-state index >= 15 is 4.39 Å². The maximum Gasteiger partial charge on any atom is 0.255 e. The normalized spacial score (nSPS) is 18.7. The van der Waals surface area contributed by atoms with E-state index in [0.29, 0.717) is 27.0 Å². The molecule has 0 radical (unpaired) electrons. The lowest BCUT2D eigenvalue weighted by Gasteiger charge is -2.29. The number of carbonyl (C=O) groups excluding carboxylic acids is 2. The first-order valence-corrected chi connectivity index (χ1v) is 15.2. The smallest absolute Gasteiger partial charge is 0.255 e. The molecule has 1 fully saturated rings. The lowest BCUT2D eigenvalue weighted by Crippen LogP contribution is -2.38. The summed E-state index contributed by atoms with van der Waals surface area (Å²) in [5.41, 5.74) is 3.36. The molecule has 42 heavy (non-hydrogen) atoms. The summed E-state index contributed by atoms with van der Waals surface area (Å²) >= 11 is 7.90. The molecule has 4 aromatic rings. The van der Waals surface area contributed by atoms with E-state index in [-0.39, 0.29) is 36.3 Å². The van der Waals surface area contributed by atoms with Crippen molar-refractivity contribution in [2.45, 2.75) is 51.0 Å². The van der Waals surface area contributed by atoms with Crippen LogP contribution < -0.4 is 10.2 Å². The van der Waals surface area contributed by atoms with Gasteiger partial charge in [0.2, 0.25) is 0 Å². The second-order valence-corrected chi connectivity index (χ2v) is 12.2. The summed E-state index contributed by atoms with van der Waals surface area (Å²) < 4.78 is 31.6. The zero-order valence-electron chi connectivity index (χ0n) is 22.5. The minimum Gasteiger partial charge on any atom is -0.370 e. The summed E-state index contributed by atoms with van der Waals surface area (Å²) in [5, 5.41) is 5.39. The molecule has 3 aliphatic rings. The Bertz CT molecular complexity index is 1690. The number of amides is 2. The summed E-state index contributed by atoms with van der Waals surface area (Å²) in [5.74, 6) is -1.60. The van der Waals surface area contributed by atoms with Gasteiger partial charge in [0.15, 0.2) is 11.2 Å². The second kappa shape index (κ2) is 10.8. The highest BCUT2D eigenvalue weighted by atomic mass is 35.5. The first-order valence-electron chi connectivity index (χ1n) is 13.9. The molecular formula is C30H27ClF2N6O2S. The van der Waals surface area contributed by atoms with Crippen molar-refractivity contribution >= 4 is 45.6 Å². The molecule has 1 N–H and O–H groups in total. The maximum absolute atomic E-state index is 15.6. The van der Waals surface area contributed by atoms with Crippen molar-refractivity contribution in [1.82, 2.24) is 19.4 Å². The van der Waals surface area contributed by atoms with Crippen molar-refractivity contribution < 1.29 is 18.4 Å². The fourth-order valence-electron chi connectivity index (χ4n) is 6.23. The number of benzene rings is 2. The number of alkyl halides is 1. The van der Waals surface area contributed by atoms with Crippen LogP contribution in [0.1, 0.15) is 52.6 Å². The van der Waals surface area contributed by atoms with Crippen LogP contribution in [-0.2, 0) is 24.3 Å². The first kappa shape index (κ1) is 27.0. The Kier molecular flexibility index (Phi) is 6.94. The Morgan fingerprint density at radius 1 is 1.12 bits per heavy atom. The van der Waals surface area contributed by atoms with Crippen LogP contribution in [0, 0.1) is 5.82 Å². The largest absolute Gasteiger partial charge is 0.370 e. The van der Waals surface area contributed by atoms with E-state index in [1.165, 1.54) is 35.1 Å². The van der Waals surface area contributed by atoms with Gasteiger partial charge >= 0.3 is 0 Å². The van der Waals surface area contributed by atoms with E-state index in [0.717, 1.165) is 31.6 Å². The molecular weight excluding hydrogens is 582 g/mol. The highest BCUT2D eigenvalue weighted by molar-refractivity contribution is 7.13. The summed E-state index contributed by atoms with van der Waals surface area (Å²) in [6.45, 7) is 1.89. The number of hydrogen-bond acceptors (Lipinski definition) is 6. The lowest BCUT2D eigenvalue weighted by molar-refractivity contribution is -0.121. The Labute approximate surface area is 249 Å². The molecule has 0 aliphatic carbocycles. The number of hydrogen-bond donors (Lipinski definition) is 1. The topological polar surface area (TPSA) is 83.4 Å². The average molecular weight is 609 g/mol. The van der Waals surface area contributed by atoms with Gasteiger partial charge < -0.3 is 14.4 Å². The van der Waals surface area contributed by atoms with E-state index in [9.17, 15) is 14.0 Å². The minimum absolute atomic E-state index is 0.0814. The third-order valence-electron chi connectivity index (χ3n) is 8.26. The Hall–Kier alpha value is -3.83. The molecule has 5 heterocycles. The van der Waals surface area contributed by atoms with Gasteiger partial charge in [0.05, 0.1) is 35.8 Å². The third-order valence-corrected chi connectivity index (χ3v) is 9.25. The van der Waals surface area contributed by atoms with Crippen LogP contribution in [0.5, 0.6) is 0 Å². The summed E-state index contributed by atoms with van der Waals surface area (Å²) in [4.78, 5) is 39.6. The molecule has 1 saturated heterocycles. The molecule has 0 saturated carbocycles. The lowest BCUT2D eigenvalue weighted by atomic mass is 9.99. The van der Waals surface area contributed by atoms with Crippen molar-refractivity contribution in [3.05, 3.63) is 81.6 Å². The summed E-state index contributed by atoms with van der Waals surface area (Å²) in [7, 11) is 0. The molecule has 0 spiro atoms. The van der Waals surface area contributed by atoms with Crippen molar-refractivity contribution in [2.75, 3.05) is 23.3 Å². The van der Waals surface area contributed by atoms with Crippen LogP contribution in [0.2, 0.25) is 5.02 Å². The number of fused-ring (bicyclic) bond motifs is 2. The molecule has 1 unspecified atom stereocenters. The van der Waals surface area contributed by atoms with E-state index in [2.05, 4.69) is 20.2 Å². The van der Waals surface area contributed by atoms with Crippen molar-refractivity contribution in [3.8, 4) is 11.1 Å². The molecule has 3 aliphatic heterocycles. The number of carbonyl (C=O) groups is 2. The van der Waals surface area contributed by atoms with Gasteiger partial charge in [-0.2, -0.15) is 0 Å². The van der Waals surface area contributed by atoms with Gasteiger partial charge in [0.25, 0.3) is 11.8 Å². The first-order chi connectivity index (χ1) is 20.4. The fourth-order valence-corrected chi connectivity index (χ4v) is 7.06. The van der Waals surface area contributed by atoms with Crippen LogP contribution in [0.15, 0.2) is 48.2 Å². The van der Waals surface area contributed by atoms with Gasteiger partial charge in [-0.3, -0.25) is 14.9 Å². The quantitative estimate of drug-likeness (QED) is 0.289. The number of anilines is 2. The summed E-state index contributed by atoms with van der Waals surface area (Å²) in [6.07, 6.45) is 5.45. The number of aromatic nitrogens is 3. The van der Waals surface area contributed by atoms with Gasteiger partial charge in [-0.15, -0.1) is 11.3 Å². The van der Waals surface area contributed by atoms with Crippen molar-refractivity contribution in [1.29, 1.82) is 0 Å². The molecule has 2 aromatic heterocycles. The number of thiazole rings is 1. The summed E-state index contributed by atoms with van der Waals surface area (Å²) in [6, 6.07) is 7.48. The number of rotatable bonds is 6. The molecule has 0 bridgehead atoms. The third kappa shape index (κ3) is 4.74. The monoisotopic (exact) mass is 608 g/mol. The van der Waals surface area contributed by atoms with Crippen LogP contribution in [0.4, 0.5) is 19.6 Å². The molecule has 12 heteroatoms. The second-order valence-electron chi connectivity index (χ2n) is 10.9. The molecule has 7 rings (SSSR count). The average Bonchev–Trinajstić information content (AvgIpc) is 3.77. The molecule has 2 atom stereocenters. The number of piperidine rings is 1. The zero-order valence-corrected chi connectivity index (χ0v) is 24.1. The SMILES string of the molecule is O=C(Nc1nccs1)C(c1ncn2c1C[C@@H](F)C2)N1Cc2c(F)cc(-c3ccc(N4CCCCC4)c(Cl)c3)cc2C1=O. The van der Waals surface area contributed by atoms with Gasteiger partial charge in [-0.1, -0.05) is 17.7 Å². The van der Waals surface area contributed by atoms with E-state index < -0.39 is 29.8 Å². The zero-order chi connectivity index (χ0) is 29.0. The molecule has 8 nitrogen and oxygen atoms in total. The number of halogens is 3. The number of nitrogens with zero attached hydrogens (tertiary/aromatic N) is 5. The van der Waals surface area contributed by atoms with Crippen LogP contribution in [0.25, 0.3) is 11.1 Å². The van der Waals surface area contributed by atoms with Crippen molar-refractivity contribution in [2.24, 2.45) is 0 Å². The van der Waals surface area contributed by atoms with Crippen LogP contribution in [0.3, 0.4) is 0 Å². The Balaban J connectivity index is 1.22. The minimum atomic E-state index is -1.20. The van der Waals surface area contributed by atoms with E-state index in [1.807, 2.05) is 12.1 Å². The standard InChI is InChI=1S/C30H27ClF2N6O2S/c31-22-11-17(4-5-24(22)37-7-2-1-3-8-37)18-10-20-21(23(33)12-18)15-39(29(20)41)27(28(40)36-30-34-6-9-42-30)26-25-13-19(32)14-38(25)16-35-26/h4-6,9-12,16,19,27H,1-3,7-8,13-15H2,(H,34,36,40)/t19-,27?/m1/s1. The number of imidazole rings is 1. The molecule has 2 amide bonds. The highest BCUT2D eigenvalue weighted by Gasteiger charge is 2.42.